The molecule has 1 atom stereocenters. The van der Waals surface area contributed by atoms with Crippen molar-refractivity contribution >= 4 is 0 Å². The fraction of sp³-hybridized carbons (Fsp3) is 0.538. The van der Waals surface area contributed by atoms with Crippen LogP contribution >= 0.6 is 0 Å². The second kappa shape index (κ2) is 5.10. The molecule has 3 heteroatoms. The van der Waals surface area contributed by atoms with E-state index in [1.807, 2.05) is 31.2 Å². The number of nitrogens with zero attached hydrogens (tertiary/aromatic N) is 1. The van der Waals surface area contributed by atoms with E-state index < -0.39 is 0 Å². The first-order valence-electron chi connectivity index (χ1n) is 5.91. The second-order valence-electron chi connectivity index (χ2n) is 4.21. The van der Waals surface area contributed by atoms with Crippen LogP contribution in [0.1, 0.15) is 37.8 Å². The quantitative estimate of drug-likeness (QED) is 0.708. The molecule has 86 valence electrons. The minimum absolute atomic E-state index is 0.225. The first kappa shape index (κ1) is 11.1. The summed E-state index contributed by atoms with van der Waals surface area (Å²) in [4.78, 5) is 11.0. The van der Waals surface area contributed by atoms with Crippen molar-refractivity contribution in [1.82, 2.24) is 0 Å². The molecular formula is C13H17NO2. The molecule has 1 unspecified atom stereocenters. The van der Waals surface area contributed by atoms with Crippen LogP contribution in [0.5, 0.6) is 5.75 Å². The van der Waals surface area contributed by atoms with E-state index in [-0.39, 0.29) is 6.04 Å². The van der Waals surface area contributed by atoms with Crippen LogP contribution in [0.25, 0.3) is 0 Å². The van der Waals surface area contributed by atoms with Crippen LogP contribution in [0, 0.1) is 10.8 Å². The molecule has 0 aliphatic heterocycles. The normalized spacial score (nSPS) is 17.6. The van der Waals surface area contributed by atoms with Crippen molar-refractivity contribution in [3.63, 3.8) is 0 Å². The predicted molar refractivity (Wildman–Crippen MR) is 63.5 cm³/mol. The lowest BCUT2D eigenvalue weighted by atomic mass is 9.77. The molecule has 2 rings (SSSR count). The smallest absolute Gasteiger partial charge is 0.124 e. The Bertz CT molecular complexity index is 361. The summed E-state index contributed by atoms with van der Waals surface area (Å²) in [6.07, 6.45) is 3.43. The fourth-order valence-corrected chi connectivity index (χ4v) is 2.16. The third kappa shape index (κ3) is 2.08. The minimum Gasteiger partial charge on any atom is -0.494 e. The highest BCUT2D eigenvalue weighted by Crippen LogP contribution is 2.42. The highest BCUT2D eigenvalue weighted by molar-refractivity contribution is 5.36. The summed E-state index contributed by atoms with van der Waals surface area (Å²) in [5.74, 6) is 1.22. The Morgan fingerprint density at radius 3 is 2.75 bits per heavy atom. The molecule has 3 nitrogen and oxygen atoms in total. The van der Waals surface area contributed by atoms with Gasteiger partial charge in [-0.2, -0.15) is 4.91 Å². The number of nitroso groups, excluding NO2 is 1. The van der Waals surface area contributed by atoms with Gasteiger partial charge < -0.3 is 4.74 Å². The van der Waals surface area contributed by atoms with Gasteiger partial charge in [0.1, 0.15) is 11.8 Å². The number of benzene rings is 1. The van der Waals surface area contributed by atoms with Crippen molar-refractivity contribution in [2.75, 3.05) is 6.61 Å². The van der Waals surface area contributed by atoms with Crippen molar-refractivity contribution in [3.8, 4) is 5.75 Å². The van der Waals surface area contributed by atoms with Crippen molar-refractivity contribution in [3.05, 3.63) is 34.7 Å². The summed E-state index contributed by atoms with van der Waals surface area (Å²) in [6, 6.07) is 7.51. The van der Waals surface area contributed by atoms with Gasteiger partial charge >= 0.3 is 0 Å². The molecule has 0 saturated heterocycles. The molecule has 1 aromatic carbocycles. The Kier molecular flexibility index (Phi) is 3.54. The van der Waals surface area contributed by atoms with Crippen LogP contribution in [0.15, 0.2) is 29.4 Å². The maximum atomic E-state index is 11.0. The molecule has 1 aromatic rings. The SMILES string of the molecule is CCOc1ccccc1C(N=O)C1CCC1. The van der Waals surface area contributed by atoms with E-state index in [1.54, 1.807) is 0 Å². The largest absolute Gasteiger partial charge is 0.494 e. The van der Waals surface area contributed by atoms with E-state index in [9.17, 15) is 4.91 Å². The van der Waals surface area contributed by atoms with E-state index in [2.05, 4.69) is 5.18 Å². The average Bonchev–Trinajstić information content (AvgIpc) is 2.25. The van der Waals surface area contributed by atoms with Crippen LogP contribution in [0.4, 0.5) is 0 Å². The lowest BCUT2D eigenvalue weighted by molar-refractivity contribution is 0.256. The first-order valence-corrected chi connectivity index (χ1v) is 5.91. The molecule has 1 fully saturated rings. The zero-order chi connectivity index (χ0) is 11.4. The predicted octanol–water partition coefficient (Wildman–Crippen LogP) is 3.69. The maximum absolute atomic E-state index is 11.0. The van der Waals surface area contributed by atoms with Crippen LogP contribution in [-0.4, -0.2) is 6.61 Å². The fourth-order valence-electron chi connectivity index (χ4n) is 2.16. The van der Waals surface area contributed by atoms with Gasteiger partial charge in [0.2, 0.25) is 0 Å². The molecule has 1 saturated carbocycles. The number of hydrogen-bond acceptors (Lipinski definition) is 3. The monoisotopic (exact) mass is 219 g/mol. The molecule has 0 heterocycles. The van der Waals surface area contributed by atoms with Gasteiger partial charge in [0, 0.05) is 5.56 Å². The molecule has 0 amide bonds. The van der Waals surface area contributed by atoms with Crippen LogP contribution < -0.4 is 4.74 Å². The highest BCUT2D eigenvalue weighted by Gasteiger charge is 2.31. The summed E-state index contributed by atoms with van der Waals surface area (Å²) in [5.41, 5.74) is 0.948. The lowest BCUT2D eigenvalue weighted by Gasteiger charge is -2.30. The Hall–Kier alpha value is -1.38. The van der Waals surface area contributed by atoms with E-state index >= 15 is 0 Å². The van der Waals surface area contributed by atoms with Gasteiger partial charge in [-0.25, -0.2) is 0 Å². The van der Waals surface area contributed by atoms with Crippen LogP contribution in [0.2, 0.25) is 0 Å². The molecule has 0 bridgehead atoms. The Morgan fingerprint density at radius 2 is 2.19 bits per heavy atom. The molecule has 1 aliphatic rings. The Balaban J connectivity index is 2.25. The van der Waals surface area contributed by atoms with E-state index in [1.165, 1.54) is 6.42 Å². The third-order valence-electron chi connectivity index (χ3n) is 3.25. The van der Waals surface area contributed by atoms with Gasteiger partial charge in [-0.3, -0.25) is 0 Å². The molecule has 0 spiro atoms. The maximum Gasteiger partial charge on any atom is 0.124 e. The highest BCUT2D eigenvalue weighted by atomic mass is 16.5. The number of para-hydroxylation sites is 1. The van der Waals surface area contributed by atoms with Gasteiger partial charge in [-0.05, 0) is 31.7 Å². The molecule has 0 N–H and O–H groups in total. The van der Waals surface area contributed by atoms with E-state index in [0.717, 1.165) is 24.2 Å². The van der Waals surface area contributed by atoms with Gasteiger partial charge in [0.25, 0.3) is 0 Å². The minimum atomic E-state index is -0.225. The zero-order valence-electron chi connectivity index (χ0n) is 9.56. The van der Waals surface area contributed by atoms with Crippen molar-refractivity contribution in [2.24, 2.45) is 11.1 Å². The van der Waals surface area contributed by atoms with Crippen molar-refractivity contribution < 1.29 is 4.74 Å². The van der Waals surface area contributed by atoms with Crippen molar-refractivity contribution in [1.29, 1.82) is 0 Å². The van der Waals surface area contributed by atoms with Gasteiger partial charge in [-0.15, -0.1) is 0 Å². The Labute approximate surface area is 95.8 Å². The summed E-state index contributed by atoms with van der Waals surface area (Å²) in [6.45, 7) is 2.57. The molecule has 0 aromatic heterocycles. The summed E-state index contributed by atoms with van der Waals surface area (Å²) < 4.78 is 5.54. The van der Waals surface area contributed by atoms with Crippen molar-refractivity contribution in [2.45, 2.75) is 32.2 Å². The lowest BCUT2D eigenvalue weighted by Crippen LogP contribution is -2.19. The van der Waals surface area contributed by atoms with Gasteiger partial charge in [0.05, 0.1) is 6.61 Å². The van der Waals surface area contributed by atoms with Gasteiger partial charge in [-0.1, -0.05) is 29.8 Å². The number of rotatable bonds is 5. The third-order valence-corrected chi connectivity index (χ3v) is 3.25. The summed E-state index contributed by atoms with van der Waals surface area (Å²) in [5, 5.41) is 3.29. The second-order valence-corrected chi connectivity index (χ2v) is 4.21. The molecule has 0 radical (unpaired) electrons. The molecule has 1 aliphatic carbocycles. The Morgan fingerprint density at radius 1 is 1.44 bits per heavy atom. The number of ether oxygens (including phenoxy) is 1. The molecule has 16 heavy (non-hydrogen) atoms. The summed E-state index contributed by atoms with van der Waals surface area (Å²) >= 11 is 0. The standard InChI is InChI=1S/C13H17NO2/c1-2-16-12-9-4-3-8-11(12)13(14-15)10-6-5-7-10/h3-4,8-10,13H,2,5-7H2,1H3. The van der Waals surface area contributed by atoms with Crippen LogP contribution in [0.3, 0.4) is 0 Å². The summed E-state index contributed by atoms with van der Waals surface area (Å²) in [7, 11) is 0. The van der Waals surface area contributed by atoms with Gasteiger partial charge in [0.15, 0.2) is 0 Å². The topological polar surface area (TPSA) is 38.7 Å². The first-order chi connectivity index (χ1) is 7.86. The number of hydrogen-bond donors (Lipinski definition) is 0. The van der Waals surface area contributed by atoms with Crippen LogP contribution in [-0.2, 0) is 0 Å². The average molecular weight is 219 g/mol. The van der Waals surface area contributed by atoms with E-state index in [0.29, 0.717) is 12.5 Å². The molecular weight excluding hydrogens is 202 g/mol. The zero-order valence-corrected chi connectivity index (χ0v) is 9.56. The van der Waals surface area contributed by atoms with E-state index in [4.69, 9.17) is 4.74 Å².